The van der Waals surface area contributed by atoms with Crippen molar-refractivity contribution in [1.29, 1.82) is 0 Å². The van der Waals surface area contributed by atoms with E-state index in [-0.39, 0.29) is 0 Å². The zero-order valence-electron chi connectivity index (χ0n) is 7.16. The topological polar surface area (TPSA) is 44.5 Å². The Labute approximate surface area is 81.2 Å². The molecule has 1 aliphatic heterocycles. The molecule has 70 valence electrons. The number of fused-ring (bicyclic) bond motifs is 1. The number of nitrogens with two attached hydrogens (primary N) is 1. The molecule has 0 fully saturated rings. The second-order valence-electron chi connectivity index (χ2n) is 2.62. The quantitative estimate of drug-likeness (QED) is 0.576. The molecule has 1 heterocycles. The van der Waals surface area contributed by atoms with Gasteiger partial charge in [-0.1, -0.05) is 0 Å². The molecule has 3 nitrogen and oxygen atoms in total. The second-order valence-corrected chi connectivity index (χ2v) is 3.71. The summed E-state index contributed by atoms with van der Waals surface area (Å²) in [7, 11) is 0. The molecule has 0 atom stereocenters. The number of ether oxygens (including phenoxy) is 2. The number of hydrogen-bond acceptors (Lipinski definition) is 4. The van der Waals surface area contributed by atoms with E-state index in [1.54, 1.807) is 11.8 Å². The van der Waals surface area contributed by atoms with Gasteiger partial charge in [0.15, 0.2) is 11.5 Å². The lowest BCUT2D eigenvalue weighted by Crippen LogP contribution is -2.15. The van der Waals surface area contributed by atoms with Gasteiger partial charge in [-0.2, -0.15) is 0 Å². The van der Waals surface area contributed by atoms with Crippen LogP contribution in [0.3, 0.4) is 0 Å². The van der Waals surface area contributed by atoms with Crippen molar-refractivity contribution < 1.29 is 9.47 Å². The SMILES string of the molecule is NCSc1ccc2c(c1)OCCO2. The van der Waals surface area contributed by atoms with Gasteiger partial charge in [-0.15, -0.1) is 11.8 Å². The maximum atomic E-state index is 5.43. The highest BCUT2D eigenvalue weighted by atomic mass is 32.2. The zero-order valence-corrected chi connectivity index (χ0v) is 7.97. The third-order valence-electron chi connectivity index (χ3n) is 1.76. The number of benzene rings is 1. The van der Waals surface area contributed by atoms with Gasteiger partial charge in [0.2, 0.25) is 0 Å². The van der Waals surface area contributed by atoms with Crippen LogP contribution in [0.4, 0.5) is 0 Å². The maximum absolute atomic E-state index is 5.43. The van der Waals surface area contributed by atoms with Crippen molar-refractivity contribution >= 4 is 11.8 Å². The third kappa shape index (κ3) is 1.89. The normalized spacial score (nSPS) is 14.2. The monoisotopic (exact) mass is 197 g/mol. The molecule has 1 aromatic carbocycles. The fourth-order valence-corrected chi connectivity index (χ4v) is 1.76. The van der Waals surface area contributed by atoms with Crippen molar-refractivity contribution in [3.05, 3.63) is 18.2 Å². The van der Waals surface area contributed by atoms with E-state index >= 15 is 0 Å². The first kappa shape index (κ1) is 8.72. The molecule has 1 aromatic rings. The molecule has 0 spiro atoms. The fourth-order valence-electron chi connectivity index (χ4n) is 1.21. The lowest BCUT2D eigenvalue weighted by molar-refractivity contribution is 0.171. The molecule has 0 radical (unpaired) electrons. The van der Waals surface area contributed by atoms with Crippen LogP contribution in [0.25, 0.3) is 0 Å². The van der Waals surface area contributed by atoms with Crippen LogP contribution in [0.2, 0.25) is 0 Å². The molecule has 2 rings (SSSR count). The van der Waals surface area contributed by atoms with Crippen LogP contribution < -0.4 is 15.2 Å². The van der Waals surface area contributed by atoms with Gasteiger partial charge in [-0.05, 0) is 18.2 Å². The molecule has 0 aromatic heterocycles. The average molecular weight is 197 g/mol. The van der Waals surface area contributed by atoms with Crippen LogP contribution in [-0.2, 0) is 0 Å². The van der Waals surface area contributed by atoms with E-state index in [1.807, 2.05) is 18.2 Å². The summed E-state index contributed by atoms with van der Waals surface area (Å²) in [5, 5.41) is 0. The minimum Gasteiger partial charge on any atom is -0.486 e. The van der Waals surface area contributed by atoms with Crippen LogP contribution in [0.1, 0.15) is 0 Å². The molecule has 2 N–H and O–H groups in total. The van der Waals surface area contributed by atoms with Crippen LogP contribution >= 0.6 is 11.8 Å². The Balaban J connectivity index is 2.24. The number of hydrogen-bond donors (Lipinski definition) is 1. The second kappa shape index (κ2) is 3.89. The Morgan fingerprint density at radius 2 is 2.00 bits per heavy atom. The van der Waals surface area contributed by atoms with Gasteiger partial charge in [0.1, 0.15) is 13.2 Å². The largest absolute Gasteiger partial charge is 0.486 e. The fraction of sp³-hybridized carbons (Fsp3) is 0.333. The summed E-state index contributed by atoms with van der Waals surface area (Å²) in [6.45, 7) is 1.26. The van der Waals surface area contributed by atoms with E-state index < -0.39 is 0 Å². The van der Waals surface area contributed by atoms with Crippen LogP contribution in [0.5, 0.6) is 11.5 Å². The Morgan fingerprint density at radius 1 is 1.23 bits per heavy atom. The van der Waals surface area contributed by atoms with Crippen LogP contribution in [0.15, 0.2) is 23.1 Å². The molecule has 13 heavy (non-hydrogen) atoms. The van der Waals surface area contributed by atoms with E-state index in [0.717, 1.165) is 16.4 Å². The standard InChI is InChI=1S/C9H11NO2S/c10-6-13-7-1-2-8-9(5-7)12-4-3-11-8/h1-2,5H,3-4,6,10H2. The van der Waals surface area contributed by atoms with E-state index in [0.29, 0.717) is 19.1 Å². The summed E-state index contributed by atoms with van der Waals surface area (Å²) >= 11 is 1.59. The summed E-state index contributed by atoms with van der Waals surface area (Å²) < 4.78 is 10.8. The highest BCUT2D eigenvalue weighted by Gasteiger charge is 2.11. The van der Waals surface area contributed by atoms with Gasteiger partial charge in [-0.3, -0.25) is 0 Å². The van der Waals surface area contributed by atoms with Gasteiger partial charge < -0.3 is 15.2 Å². The molecular weight excluding hydrogens is 186 g/mol. The van der Waals surface area contributed by atoms with Gasteiger partial charge in [0, 0.05) is 10.8 Å². The third-order valence-corrected chi connectivity index (χ3v) is 2.52. The lowest BCUT2D eigenvalue weighted by Gasteiger charge is -2.18. The molecular formula is C9H11NO2S. The molecule has 0 unspecified atom stereocenters. The molecule has 4 heteroatoms. The summed E-state index contributed by atoms with van der Waals surface area (Å²) in [5.74, 6) is 2.23. The van der Waals surface area contributed by atoms with E-state index in [4.69, 9.17) is 15.2 Å². The van der Waals surface area contributed by atoms with Gasteiger partial charge >= 0.3 is 0 Å². The molecule has 0 aliphatic carbocycles. The summed E-state index contributed by atoms with van der Waals surface area (Å²) in [4.78, 5) is 1.12. The first-order valence-electron chi connectivity index (χ1n) is 4.12. The molecule has 1 aliphatic rings. The Bertz CT molecular complexity index is 304. The number of rotatable bonds is 2. The van der Waals surface area contributed by atoms with Crippen molar-refractivity contribution in [2.24, 2.45) is 5.73 Å². The van der Waals surface area contributed by atoms with Crippen molar-refractivity contribution in [3.63, 3.8) is 0 Å². The highest BCUT2D eigenvalue weighted by Crippen LogP contribution is 2.33. The van der Waals surface area contributed by atoms with E-state index in [9.17, 15) is 0 Å². The van der Waals surface area contributed by atoms with Crippen molar-refractivity contribution in [2.75, 3.05) is 19.1 Å². The highest BCUT2D eigenvalue weighted by molar-refractivity contribution is 7.99. The predicted molar refractivity (Wildman–Crippen MR) is 52.3 cm³/mol. The minimum absolute atomic E-state index is 0.583. The molecule has 0 saturated heterocycles. The predicted octanol–water partition coefficient (Wildman–Crippen LogP) is 1.47. The lowest BCUT2D eigenvalue weighted by atomic mass is 10.3. The number of thioether (sulfide) groups is 1. The summed E-state index contributed by atoms with van der Waals surface area (Å²) in [6, 6.07) is 5.88. The average Bonchev–Trinajstić information content (AvgIpc) is 2.18. The van der Waals surface area contributed by atoms with Crippen LogP contribution in [0, 0.1) is 0 Å². The zero-order chi connectivity index (χ0) is 9.10. The molecule has 0 saturated carbocycles. The van der Waals surface area contributed by atoms with Gasteiger partial charge in [0.05, 0.1) is 0 Å². The first-order valence-corrected chi connectivity index (χ1v) is 5.11. The maximum Gasteiger partial charge on any atom is 0.162 e. The van der Waals surface area contributed by atoms with E-state index in [1.165, 1.54) is 0 Å². The van der Waals surface area contributed by atoms with Gasteiger partial charge in [-0.25, -0.2) is 0 Å². The van der Waals surface area contributed by atoms with Crippen molar-refractivity contribution in [2.45, 2.75) is 4.90 Å². The van der Waals surface area contributed by atoms with Crippen molar-refractivity contribution in [1.82, 2.24) is 0 Å². The summed E-state index contributed by atoms with van der Waals surface area (Å²) in [6.07, 6.45) is 0. The van der Waals surface area contributed by atoms with Gasteiger partial charge in [0.25, 0.3) is 0 Å². The van der Waals surface area contributed by atoms with Crippen molar-refractivity contribution in [3.8, 4) is 11.5 Å². The minimum atomic E-state index is 0.583. The Morgan fingerprint density at radius 3 is 2.77 bits per heavy atom. The molecule has 0 amide bonds. The first-order chi connectivity index (χ1) is 6.40. The molecule has 0 bridgehead atoms. The van der Waals surface area contributed by atoms with E-state index in [2.05, 4.69) is 0 Å². The smallest absolute Gasteiger partial charge is 0.162 e. The van der Waals surface area contributed by atoms with Crippen LogP contribution in [-0.4, -0.2) is 19.1 Å². The summed E-state index contributed by atoms with van der Waals surface area (Å²) in [5.41, 5.74) is 5.43. The Hall–Kier alpha value is -0.870. The Kier molecular flexibility index (Phi) is 2.61.